The molecule has 1 saturated heterocycles. The van der Waals surface area contributed by atoms with Crippen LogP contribution in [-0.4, -0.2) is 30.8 Å². The third-order valence-electron chi connectivity index (χ3n) is 4.27. The van der Waals surface area contributed by atoms with Crippen LogP contribution in [0, 0.1) is 5.41 Å². The lowest BCUT2D eigenvalue weighted by atomic mass is 9.78. The van der Waals surface area contributed by atoms with Gasteiger partial charge in [0.05, 0.1) is 5.69 Å². The highest BCUT2D eigenvalue weighted by Crippen LogP contribution is 2.48. The van der Waals surface area contributed by atoms with Crippen LogP contribution in [-0.2, 0) is 4.79 Å². The summed E-state index contributed by atoms with van der Waals surface area (Å²) in [6, 6.07) is 7.71. The summed E-state index contributed by atoms with van der Waals surface area (Å²) in [7, 11) is 0. The predicted octanol–water partition coefficient (Wildman–Crippen LogP) is 2.53. The van der Waals surface area contributed by atoms with Gasteiger partial charge in [-0.05, 0) is 25.0 Å². The van der Waals surface area contributed by atoms with Crippen LogP contribution in [0.25, 0.3) is 0 Å². The summed E-state index contributed by atoms with van der Waals surface area (Å²) < 4.78 is 5.37. The minimum atomic E-state index is -0.939. The number of rotatable bonds is 4. The molecule has 4 nitrogen and oxygen atoms in total. The molecule has 19 heavy (non-hydrogen) atoms. The van der Waals surface area contributed by atoms with Gasteiger partial charge in [0.25, 0.3) is 0 Å². The van der Waals surface area contributed by atoms with E-state index in [9.17, 15) is 4.79 Å². The molecule has 0 amide bonds. The maximum absolute atomic E-state index is 10.6. The van der Waals surface area contributed by atoms with Gasteiger partial charge in [0.1, 0.15) is 5.75 Å². The average molecular weight is 261 g/mol. The number of carbonyl (C=O) groups is 1. The number of aliphatic carboxylic acids is 1. The van der Waals surface area contributed by atoms with Gasteiger partial charge < -0.3 is 14.7 Å². The Hall–Kier alpha value is -1.71. The molecule has 1 spiro atoms. The Morgan fingerprint density at radius 1 is 1.26 bits per heavy atom. The smallest absolute Gasteiger partial charge is 0.341 e. The molecule has 1 N–H and O–H groups in total. The Labute approximate surface area is 113 Å². The second-order valence-corrected chi connectivity index (χ2v) is 5.71. The van der Waals surface area contributed by atoms with Crippen LogP contribution < -0.4 is 9.64 Å². The predicted molar refractivity (Wildman–Crippen MR) is 72.7 cm³/mol. The van der Waals surface area contributed by atoms with Crippen LogP contribution in [0.5, 0.6) is 5.75 Å². The Kier molecular flexibility index (Phi) is 3.09. The van der Waals surface area contributed by atoms with Crippen molar-refractivity contribution >= 4 is 11.7 Å². The first kappa shape index (κ1) is 12.3. The molecule has 1 heterocycles. The van der Waals surface area contributed by atoms with Gasteiger partial charge in [-0.25, -0.2) is 4.79 Å². The van der Waals surface area contributed by atoms with E-state index in [4.69, 9.17) is 9.84 Å². The summed E-state index contributed by atoms with van der Waals surface area (Å²) in [5.41, 5.74) is 1.56. The molecule has 2 aliphatic rings. The number of ether oxygens (including phenoxy) is 1. The molecule has 1 aliphatic carbocycles. The van der Waals surface area contributed by atoms with Crippen molar-refractivity contribution in [3.63, 3.8) is 0 Å². The van der Waals surface area contributed by atoms with Gasteiger partial charge in [-0.3, -0.25) is 0 Å². The Balaban J connectivity index is 1.69. The van der Waals surface area contributed by atoms with Gasteiger partial charge in [-0.2, -0.15) is 0 Å². The zero-order valence-corrected chi connectivity index (χ0v) is 11.0. The molecule has 2 fully saturated rings. The standard InChI is InChI=1S/C15H19NO3/c17-14(18)9-19-13-6-2-1-5-12(13)16-10-15(11-16)7-3-4-8-15/h1-2,5-6H,3-4,7-11H2,(H,17,18). The largest absolute Gasteiger partial charge is 0.480 e. The molecule has 1 aliphatic heterocycles. The third-order valence-corrected chi connectivity index (χ3v) is 4.27. The van der Waals surface area contributed by atoms with Crippen LogP contribution >= 0.6 is 0 Å². The van der Waals surface area contributed by atoms with Gasteiger partial charge in [-0.1, -0.05) is 25.0 Å². The maximum Gasteiger partial charge on any atom is 0.341 e. The fraction of sp³-hybridized carbons (Fsp3) is 0.533. The molecule has 3 rings (SSSR count). The highest BCUT2D eigenvalue weighted by Gasteiger charge is 2.45. The fourth-order valence-corrected chi connectivity index (χ4v) is 3.35. The zero-order chi connectivity index (χ0) is 13.3. The number of carboxylic acid groups (broad SMARTS) is 1. The highest BCUT2D eigenvalue weighted by atomic mass is 16.5. The van der Waals surface area contributed by atoms with E-state index in [1.807, 2.05) is 24.3 Å². The fourth-order valence-electron chi connectivity index (χ4n) is 3.35. The number of anilines is 1. The van der Waals surface area contributed by atoms with Crippen molar-refractivity contribution in [3.8, 4) is 5.75 Å². The van der Waals surface area contributed by atoms with E-state index >= 15 is 0 Å². The van der Waals surface area contributed by atoms with Crippen LogP contribution in [0.4, 0.5) is 5.69 Å². The van der Waals surface area contributed by atoms with Crippen LogP contribution in [0.3, 0.4) is 0 Å². The molecule has 102 valence electrons. The molecule has 4 heteroatoms. The lowest BCUT2D eigenvalue weighted by Gasteiger charge is -2.50. The van der Waals surface area contributed by atoms with Crippen molar-refractivity contribution < 1.29 is 14.6 Å². The summed E-state index contributed by atoms with van der Waals surface area (Å²) in [5, 5.41) is 8.70. The molecule has 1 aromatic rings. The van der Waals surface area contributed by atoms with Crippen molar-refractivity contribution in [2.24, 2.45) is 5.41 Å². The molecule has 0 aromatic heterocycles. The first-order chi connectivity index (χ1) is 9.19. The number of benzene rings is 1. The van der Waals surface area contributed by atoms with Crippen molar-refractivity contribution in [2.45, 2.75) is 25.7 Å². The van der Waals surface area contributed by atoms with Crippen molar-refractivity contribution in [1.82, 2.24) is 0 Å². The number of para-hydroxylation sites is 2. The first-order valence-corrected chi connectivity index (χ1v) is 6.87. The number of hydrogen-bond acceptors (Lipinski definition) is 3. The normalized spacial score (nSPS) is 20.3. The van der Waals surface area contributed by atoms with Crippen molar-refractivity contribution in [2.75, 3.05) is 24.6 Å². The van der Waals surface area contributed by atoms with Crippen molar-refractivity contribution in [1.29, 1.82) is 0 Å². The van der Waals surface area contributed by atoms with E-state index in [1.54, 1.807) is 0 Å². The second kappa shape index (κ2) is 4.76. The summed E-state index contributed by atoms with van der Waals surface area (Å²) in [5.74, 6) is -0.261. The molecule has 0 bridgehead atoms. The van der Waals surface area contributed by atoms with E-state index in [0.29, 0.717) is 11.2 Å². The second-order valence-electron chi connectivity index (χ2n) is 5.71. The van der Waals surface area contributed by atoms with Crippen LogP contribution in [0.15, 0.2) is 24.3 Å². The average Bonchev–Trinajstić information content (AvgIpc) is 2.84. The Morgan fingerprint density at radius 2 is 1.95 bits per heavy atom. The van der Waals surface area contributed by atoms with Crippen molar-refractivity contribution in [3.05, 3.63) is 24.3 Å². The van der Waals surface area contributed by atoms with Gasteiger partial charge in [0.2, 0.25) is 0 Å². The molecule has 0 radical (unpaired) electrons. The highest BCUT2D eigenvalue weighted by molar-refractivity contribution is 5.69. The van der Waals surface area contributed by atoms with Gasteiger partial charge in [0, 0.05) is 18.5 Å². The molecule has 1 aromatic carbocycles. The number of hydrogen-bond donors (Lipinski definition) is 1. The Morgan fingerprint density at radius 3 is 2.63 bits per heavy atom. The van der Waals surface area contributed by atoms with E-state index in [1.165, 1.54) is 25.7 Å². The maximum atomic E-state index is 10.6. The quantitative estimate of drug-likeness (QED) is 0.905. The topological polar surface area (TPSA) is 49.8 Å². The monoisotopic (exact) mass is 261 g/mol. The summed E-state index contributed by atoms with van der Waals surface area (Å²) in [6.07, 6.45) is 5.37. The number of nitrogens with zero attached hydrogens (tertiary/aromatic N) is 1. The van der Waals surface area contributed by atoms with Gasteiger partial charge >= 0.3 is 5.97 Å². The minimum Gasteiger partial charge on any atom is -0.480 e. The summed E-state index contributed by atoms with van der Waals surface area (Å²) in [4.78, 5) is 12.9. The van der Waals surface area contributed by atoms with E-state index in [2.05, 4.69) is 4.90 Å². The van der Waals surface area contributed by atoms with Gasteiger partial charge in [-0.15, -0.1) is 0 Å². The third kappa shape index (κ3) is 2.39. The number of carboxylic acids is 1. The van der Waals surface area contributed by atoms with Gasteiger partial charge in [0.15, 0.2) is 6.61 Å². The lowest BCUT2D eigenvalue weighted by molar-refractivity contribution is -0.139. The first-order valence-electron chi connectivity index (χ1n) is 6.87. The van der Waals surface area contributed by atoms with E-state index in [0.717, 1.165) is 18.8 Å². The minimum absolute atomic E-state index is 0.282. The zero-order valence-electron chi connectivity index (χ0n) is 11.0. The SMILES string of the molecule is O=C(O)COc1ccccc1N1CC2(CCCC2)C1. The van der Waals surface area contributed by atoms with Crippen LogP contribution in [0.2, 0.25) is 0 Å². The molecule has 1 saturated carbocycles. The van der Waals surface area contributed by atoms with Crippen LogP contribution in [0.1, 0.15) is 25.7 Å². The molecule has 0 atom stereocenters. The van der Waals surface area contributed by atoms with E-state index < -0.39 is 5.97 Å². The molecule has 0 unspecified atom stereocenters. The molecular formula is C15H19NO3. The Bertz CT molecular complexity index is 472. The summed E-state index contributed by atoms with van der Waals surface area (Å²) >= 11 is 0. The molecular weight excluding hydrogens is 242 g/mol. The van der Waals surface area contributed by atoms with E-state index in [-0.39, 0.29) is 6.61 Å². The lowest BCUT2D eigenvalue weighted by Crippen LogP contribution is -2.55. The summed E-state index contributed by atoms with van der Waals surface area (Å²) in [6.45, 7) is 1.89.